The van der Waals surface area contributed by atoms with Crippen molar-refractivity contribution in [1.29, 1.82) is 0 Å². The van der Waals surface area contributed by atoms with Crippen LogP contribution in [0.4, 0.5) is 0 Å². The second kappa shape index (κ2) is 7.43. The van der Waals surface area contributed by atoms with Crippen molar-refractivity contribution in [3.63, 3.8) is 0 Å². The van der Waals surface area contributed by atoms with Crippen molar-refractivity contribution >= 4 is 0 Å². The lowest BCUT2D eigenvalue weighted by molar-refractivity contribution is -0.900. The molecule has 1 heterocycles. The third-order valence-electron chi connectivity index (χ3n) is 5.76. The summed E-state index contributed by atoms with van der Waals surface area (Å²) in [5.74, 6) is 2.12. The monoisotopic (exact) mass is 298 g/mol. The number of aliphatic hydroxyl groups excluding tert-OH is 1. The largest absolute Gasteiger partial charge is 0.385 e. The molecule has 0 bridgehead atoms. The third-order valence-corrected chi connectivity index (χ3v) is 5.76. The van der Waals surface area contributed by atoms with Crippen LogP contribution in [0.3, 0.4) is 0 Å². The molecule has 3 nitrogen and oxygen atoms in total. The minimum Gasteiger partial charge on any atom is -0.385 e. The van der Waals surface area contributed by atoms with Crippen molar-refractivity contribution < 1.29 is 14.3 Å². The molecule has 1 N–H and O–H groups in total. The van der Waals surface area contributed by atoms with Gasteiger partial charge in [0.25, 0.3) is 0 Å². The second-order valence-corrected chi connectivity index (χ2v) is 8.31. The van der Waals surface area contributed by atoms with E-state index in [9.17, 15) is 5.11 Å². The minimum absolute atomic E-state index is 0.307. The van der Waals surface area contributed by atoms with E-state index in [1.165, 1.54) is 45.2 Å². The van der Waals surface area contributed by atoms with Crippen LogP contribution in [0, 0.1) is 17.8 Å². The molecule has 1 aliphatic heterocycles. The first-order chi connectivity index (χ1) is 9.89. The summed E-state index contributed by atoms with van der Waals surface area (Å²) in [5.41, 5.74) is 0. The molecule has 0 aromatic rings. The Bertz CT molecular complexity index is 312. The van der Waals surface area contributed by atoms with Crippen LogP contribution in [0.5, 0.6) is 0 Å². The molecule has 0 aromatic carbocycles. The number of rotatable bonds is 6. The molecule has 0 spiro atoms. The molecule has 2 fully saturated rings. The lowest BCUT2D eigenvalue weighted by Crippen LogP contribution is -2.48. The first kappa shape index (κ1) is 17.2. The second-order valence-electron chi connectivity index (χ2n) is 8.31. The highest BCUT2D eigenvalue weighted by Crippen LogP contribution is 2.35. The van der Waals surface area contributed by atoms with E-state index in [0.717, 1.165) is 16.9 Å². The van der Waals surface area contributed by atoms with E-state index in [4.69, 9.17) is 4.74 Å². The van der Waals surface area contributed by atoms with Crippen LogP contribution in [-0.2, 0) is 4.74 Å². The van der Waals surface area contributed by atoms with Crippen LogP contribution >= 0.6 is 0 Å². The standard InChI is InChI=1S/C18H36NO2/c1-14(2)17-8-7-15(3)11-18(17)21-13-16(20)12-19(4)9-5-6-10-19/h14-18,20H,5-13H2,1-4H3/q+1/t15-,16-,17-,18-/m1/s1. The van der Waals surface area contributed by atoms with E-state index in [2.05, 4.69) is 27.8 Å². The molecule has 1 saturated heterocycles. The van der Waals surface area contributed by atoms with E-state index in [-0.39, 0.29) is 6.10 Å². The summed E-state index contributed by atoms with van der Waals surface area (Å²) in [5, 5.41) is 10.4. The van der Waals surface area contributed by atoms with Gasteiger partial charge in [-0.1, -0.05) is 27.2 Å². The predicted molar refractivity (Wildman–Crippen MR) is 87.1 cm³/mol. The van der Waals surface area contributed by atoms with Gasteiger partial charge in [-0.15, -0.1) is 0 Å². The SMILES string of the molecule is CC(C)[C@H]1CC[C@@H](C)C[C@H]1OC[C@H](O)C[N+]1(C)CCCC1. The summed E-state index contributed by atoms with van der Waals surface area (Å²) >= 11 is 0. The van der Waals surface area contributed by atoms with Gasteiger partial charge in [0, 0.05) is 12.8 Å². The van der Waals surface area contributed by atoms with Gasteiger partial charge in [0.1, 0.15) is 12.6 Å². The van der Waals surface area contributed by atoms with Gasteiger partial charge >= 0.3 is 0 Å². The van der Waals surface area contributed by atoms with E-state index in [0.29, 0.717) is 24.5 Å². The zero-order valence-electron chi connectivity index (χ0n) is 14.6. The number of ether oxygens (including phenoxy) is 1. The van der Waals surface area contributed by atoms with Crippen molar-refractivity contribution in [3.8, 4) is 0 Å². The van der Waals surface area contributed by atoms with Crippen molar-refractivity contribution in [2.45, 2.75) is 65.1 Å². The van der Waals surface area contributed by atoms with Crippen LogP contribution in [-0.4, -0.2) is 55.1 Å². The number of hydrogen-bond donors (Lipinski definition) is 1. The molecule has 0 amide bonds. The van der Waals surface area contributed by atoms with Crippen LogP contribution in [0.1, 0.15) is 52.9 Å². The van der Waals surface area contributed by atoms with Crippen LogP contribution < -0.4 is 0 Å². The van der Waals surface area contributed by atoms with Crippen LogP contribution in [0.2, 0.25) is 0 Å². The highest BCUT2D eigenvalue weighted by atomic mass is 16.5. The molecule has 124 valence electrons. The molecule has 4 atom stereocenters. The van der Waals surface area contributed by atoms with Gasteiger partial charge in [0.15, 0.2) is 0 Å². The Morgan fingerprint density at radius 3 is 2.48 bits per heavy atom. The summed E-state index contributed by atoms with van der Waals surface area (Å²) in [6.07, 6.45) is 6.44. The first-order valence-corrected chi connectivity index (χ1v) is 9.03. The average molecular weight is 298 g/mol. The van der Waals surface area contributed by atoms with Gasteiger partial charge in [-0.25, -0.2) is 0 Å². The Labute approximate surface area is 131 Å². The maximum atomic E-state index is 10.4. The molecule has 1 aliphatic carbocycles. The summed E-state index contributed by atoms with van der Waals surface area (Å²) in [6.45, 7) is 10.8. The molecule has 0 aromatic heterocycles. The van der Waals surface area contributed by atoms with Crippen molar-refractivity contribution in [1.82, 2.24) is 0 Å². The van der Waals surface area contributed by atoms with Gasteiger partial charge in [0.05, 0.1) is 32.8 Å². The Kier molecular flexibility index (Phi) is 6.10. The van der Waals surface area contributed by atoms with Crippen LogP contribution in [0.25, 0.3) is 0 Å². The molecule has 21 heavy (non-hydrogen) atoms. The molecule has 0 radical (unpaired) electrons. The summed E-state index contributed by atoms with van der Waals surface area (Å²) in [6, 6.07) is 0. The highest BCUT2D eigenvalue weighted by Gasteiger charge is 2.33. The Hall–Kier alpha value is -0.120. The zero-order valence-corrected chi connectivity index (χ0v) is 14.6. The van der Waals surface area contributed by atoms with E-state index >= 15 is 0 Å². The summed E-state index contributed by atoms with van der Waals surface area (Å²) < 4.78 is 7.21. The number of aliphatic hydroxyl groups is 1. The lowest BCUT2D eigenvalue weighted by atomic mass is 9.75. The summed E-state index contributed by atoms with van der Waals surface area (Å²) in [7, 11) is 2.27. The van der Waals surface area contributed by atoms with Gasteiger partial charge in [-0.2, -0.15) is 0 Å². The predicted octanol–water partition coefficient (Wildman–Crippen LogP) is 3.07. The number of likely N-dealkylation sites (tertiary alicyclic amines) is 1. The zero-order chi connectivity index (χ0) is 15.5. The van der Waals surface area contributed by atoms with Crippen molar-refractivity contribution in [3.05, 3.63) is 0 Å². The lowest BCUT2D eigenvalue weighted by Gasteiger charge is -2.38. The third kappa shape index (κ3) is 4.94. The molecular formula is C18H36NO2+. The Balaban J connectivity index is 1.79. The maximum Gasteiger partial charge on any atom is 0.126 e. The highest BCUT2D eigenvalue weighted by molar-refractivity contribution is 4.81. The minimum atomic E-state index is -0.307. The number of nitrogens with zero attached hydrogens (tertiary/aromatic N) is 1. The fourth-order valence-electron chi connectivity index (χ4n) is 4.38. The molecule has 1 saturated carbocycles. The van der Waals surface area contributed by atoms with Crippen LogP contribution in [0.15, 0.2) is 0 Å². The van der Waals surface area contributed by atoms with Crippen molar-refractivity contribution in [2.24, 2.45) is 17.8 Å². The van der Waals surface area contributed by atoms with E-state index in [1.54, 1.807) is 0 Å². The number of likely N-dealkylation sites (N-methyl/N-ethyl adjacent to an activating group) is 1. The smallest absolute Gasteiger partial charge is 0.126 e. The maximum absolute atomic E-state index is 10.4. The van der Waals surface area contributed by atoms with Gasteiger partial charge in [-0.3, -0.25) is 0 Å². The summed E-state index contributed by atoms with van der Waals surface area (Å²) in [4.78, 5) is 0. The first-order valence-electron chi connectivity index (χ1n) is 9.03. The topological polar surface area (TPSA) is 29.5 Å². The number of quaternary nitrogens is 1. The van der Waals surface area contributed by atoms with E-state index in [1.807, 2.05) is 0 Å². The van der Waals surface area contributed by atoms with Gasteiger partial charge < -0.3 is 14.3 Å². The quantitative estimate of drug-likeness (QED) is 0.764. The molecular weight excluding hydrogens is 262 g/mol. The Morgan fingerprint density at radius 1 is 1.19 bits per heavy atom. The molecule has 0 unspecified atom stereocenters. The Morgan fingerprint density at radius 2 is 1.86 bits per heavy atom. The van der Waals surface area contributed by atoms with Gasteiger partial charge in [-0.05, 0) is 30.6 Å². The van der Waals surface area contributed by atoms with Gasteiger partial charge in [0.2, 0.25) is 0 Å². The fraction of sp³-hybridized carbons (Fsp3) is 1.00. The molecule has 3 heteroatoms. The normalized spacial score (nSPS) is 34.3. The van der Waals surface area contributed by atoms with E-state index < -0.39 is 0 Å². The fourth-order valence-corrected chi connectivity index (χ4v) is 4.38. The molecule has 2 rings (SSSR count). The number of hydrogen-bond acceptors (Lipinski definition) is 2. The molecule has 2 aliphatic rings. The average Bonchev–Trinajstić information content (AvgIpc) is 2.82. The van der Waals surface area contributed by atoms with Crippen molar-refractivity contribution in [2.75, 3.05) is 33.3 Å².